The van der Waals surface area contributed by atoms with Crippen molar-refractivity contribution in [1.82, 2.24) is 4.72 Å². The van der Waals surface area contributed by atoms with E-state index in [0.29, 0.717) is 33.5 Å². The largest absolute Gasteiger partial charge is 0.496 e. The van der Waals surface area contributed by atoms with Crippen molar-refractivity contribution in [2.45, 2.75) is 18.2 Å². The van der Waals surface area contributed by atoms with Gasteiger partial charge in [-0.05, 0) is 53.9 Å². The van der Waals surface area contributed by atoms with Gasteiger partial charge in [0.25, 0.3) is 0 Å². The van der Waals surface area contributed by atoms with E-state index in [9.17, 15) is 13.2 Å². The molecule has 0 saturated heterocycles. The predicted octanol–water partition coefficient (Wildman–Crippen LogP) is 4.83. The third-order valence-electron chi connectivity index (χ3n) is 5.07. The summed E-state index contributed by atoms with van der Waals surface area (Å²) in [5.74, 6) is -0.0220. The van der Waals surface area contributed by atoms with Gasteiger partial charge in [0, 0.05) is 28.2 Å². The number of hydrogen-bond donors (Lipinski definition) is 2. The number of sulfonamides is 1. The number of rotatable bonds is 9. The van der Waals surface area contributed by atoms with E-state index >= 15 is 0 Å². The van der Waals surface area contributed by atoms with Crippen LogP contribution in [0.5, 0.6) is 11.5 Å². The molecule has 0 saturated carbocycles. The summed E-state index contributed by atoms with van der Waals surface area (Å²) >= 11 is 12.4. The number of halogens is 2. The number of methoxy groups -OCH3 is 2. The Morgan fingerprint density at radius 3 is 2.32 bits per heavy atom. The van der Waals surface area contributed by atoms with Gasteiger partial charge in [-0.2, -0.15) is 0 Å². The molecule has 7 nitrogen and oxygen atoms in total. The maximum atomic E-state index is 12.9. The van der Waals surface area contributed by atoms with E-state index < -0.39 is 22.5 Å². The highest BCUT2D eigenvalue weighted by Crippen LogP contribution is 2.31. The Bertz CT molecular complexity index is 1310. The zero-order chi connectivity index (χ0) is 24.9. The molecule has 0 aliphatic rings. The SMILES string of the molecule is COc1cc(S(=O)(=O)NCC(=O)Nc2ccc(Cl)cc2Cc2ccccc2Cl)c(OC)cc1C. The molecule has 0 spiro atoms. The van der Waals surface area contributed by atoms with Gasteiger partial charge in [0.15, 0.2) is 0 Å². The van der Waals surface area contributed by atoms with Crippen LogP contribution in [0.3, 0.4) is 0 Å². The van der Waals surface area contributed by atoms with Crippen LogP contribution < -0.4 is 19.5 Å². The van der Waals surface area contributed by atoms with Crippen LogP contribution in [0.1, 0.15) is 16.7 Å². The third-order valence-corrected chi connectivity index (χ3v) is 7.10. The van der Waals surface area contributed by atoms with Crippen LogP contribution in [0.15, 0.2) is 59.5 Å². The first kappa shape index (κ1) is 25.8. The Labute approximate surface area is 209 Å². The number of amides is 1. The average Bonchev–Trinajstić information content (AvgIpc) is 2.80. The number of carbonyl (C=O) groups excluding carboxylic acids is 1. The highest BCUT2D eigenvalue weighted by Gasteiger charge is 2.23. The lowest BCUT2D eigenvalue weighted by Crippen LogP contribution is -2.33. The molecular formula is C24H24Cl2N2O5S. The lowest BCUT2D eigenvalue weighted by atomic mass is 10.0. The maximum Gasteiger partial charge on any atom is 0.244 e. The van der Waals surface area contributed by atoms with Crippen LogP contribution >= 0.6 is 23.2 Å². The lowest BCUT2D eigenvalue weighted by Gasteiger charge is -2.15. The minimum Gasteiger partial charge on any atom is -0.496 e. The standard InChI is InChI=1S/C24H24Cl2N2O5S/c1-15-10-22(33-3)23(13-21(15)32-2)34(30,31)27-14-24(29)28-20-9-8-18(25)12-17(20)11-16-6-4-5-7-19(16)26/h4-10,12-13,27H,11,14H2,1-3H3,(H,28,29). The van der Waals surface area contributed by atoms with Crippen molar-refractivity contribution in [2.75, 3.05) is 26.1 Å². The van der Waals surface area contributed by atoms with E-state index in [1.807, 2.05) is 18.2 Å². The molecule has 0 aliphatic heterocycles. The molecule has 180 valence electrons. The van der Waals surface area contributed by atoms with Crippen molar-refractivity contribution in [3.8, 4) is 11.5 Å². The second kappa shape index (κ2) is 11.1. The first-order valence-electron chi connectivity index (χ1n) is 10.2. The van der Waals surface area contributed by atoms with Gasteiger partial charge in [-0.25, -0.2) is 13.1 Å². The Morgan fingerprint density at radius 1 is 0.941 bits per heavy atom. The molecule has 3 rings (SSSR count). The number of nitrogens with one attached hydrogen (secondary N) is 2. The average molecular weight is 523 g/mol. The van der Waals surface area contributed by atoms with Gasteiger partial charge in [0.1, 0.15) is 16.4 Å². The highest BCUT2D eigenvalue weighted by atomic mass is 35.5. The van der Waals surface area contributed by atoms with Crippen LogP contribution in [0, 0.1) is 6.92 Å². The first-order valence-corrected chi connectivity index (χ1v) is 12.4. The van der Waals surface area contributed by atoms with E-state index in [1.165, 1.54) is 20.3 Å². The van der Waals surface area contributed by atoms with Crippen molar-refractivity contribution in [3.05, 3.63) is 81.3 Å². The summed E-state index contributed by atoms with van der Waals surface area (Å²) in [4.78, 5) is 12.5. The van der Waals surface area contributed by atoms with E-state index in [-0.39, 0.29) is 10.6 Å². The Kier molecular flexibility index (Phi) is 8.43. The second-order valence-corrected chi connectivity index (χ2v) is 9.99. The van der Waals surface area contributed by atoms with Crippen LogP contribution in [0.4, 0.5) is 5.69 Å². The summed E-state index contributed by atoms with van der Waals surface area (Å²) in [6.07, 6.45) is 0.432. The van der Waals surface area contributed by atoms with Crippen LogP contribution in [-0.2, 0) is 21.2 Å². The topological polar surface area (TPSA) is 93.7 Å². The molecule has 0 heterocycles. The molecule has 3 aromatic rings. The van der Waals surface area contributed by atoms with E-state index in [4.69, 9.17) is 32.7 Å². The zero-order valence-electron chi connectivity index (χ0n) is 18.8. The number of carbonyl (C=O) groups is 1. The molecule has 0 aromatic heterocycles. The zero-order valence-corrected chi connectivity index (χ0v) is 21.1. The summed E-state index contributed by atoms with van der Waals surface area (Å²) in [5, 5.41) is 3.83. The summed E-state index contributed by atoms with van der Waals surface area (Å²) in [7, 11) is -1.25. The quantitative estimate of drug-likeness (QED) is 0.419. The van der Waals surface area contributed by atoms with Crippen molar-refractivity contribution in [2.24, 2.45) is 0 Å². The number of benzene rings is 3. The number of ether oxygens (including phenoxy) is 2. The molecule has 0 fully saturated rings. The number of hydrogen-bond acceptors (Lipinski definition) is 5. The molecule has 34 heavy (non-hydrogen) atoms. The van der Waals surface area contributed by atoms with E-state index in [0.717, 1.165) is 11.1 Å². The Morgan fingerprint density at radius 2 is 1.65 bits per heavy atom. The molecule has 10 heteroatoms. The number of anilines is 1. The van der Waals surface area contributed by atoms with Crippen LogP contribution in [-0.4, -0.2) is 35.1 Å². The van der Waals surface area contributed by atoms with Gasteiger partial charge in [-0.3, -0.25) is 4.79 Å². The minimum atomic E-state index is -4.07. The van der Waals surface area contributed by atoms with Gasteiger partial charge >= 0.3 is 0 Å². The van der Waals surface area contributed by atoms with Crippen LogP contribution in [0.25, 0.3) is 0 Å². The van der Waals surface area contributed by atoms with Gasteiger partial charge in [-0.1, -0.05) is 41.4 Å². The van der Waals surface area contributed by atoms with E-state index in [1.54, 1.807) is 37.3 Å². The van der Waals surface area contributed by atoms with Crippen molar-refractivity contribution >= 4 is 44.8 Å². The fourth-order valence-electron chi connectivity index (χ4n) is 3.34. The van der Waals surface area contributed by atoms with Gasteiger partial charge < -0.3 is 14.8 Å². The highest BCUT2D eigenvalue weighted by molar-refractivity contribution is 7.89. The molecule has 0 atom stereocenters. The molecular weight excluding hydrogens is 499 g/mol. The fraction of sp³-hybridized carbons (Fsp3) is 0.208. The lowest BCUT2D eigenvalue weighted by molar-refractivity contribution is -0.115. The van der Waals surface area contributed by atoms with E-state index in [2.05, 4.69) is 10.0 Å². The molecule has 3 aromatic carbocycles. The Balaban J connectivity index is 1.76. The maximum absolute atomic E-state index is 12.9. The molecule has 0 unspecified atom stereocenters. The van der Waals surface area contributed by atoms with Gasteiger partial charge in [0.05, 0.1) is 20.8 Å². The van der Waals surface area contributed by atoms with Gasteiger partial charge in [0.2, 0.25) is 15.9 Å². The monoisotopic (exact) mass is 522 g/mol. The summed E-state index contributed by atoms with van der Waals surface area (Å²) in [6, 6.07) is 15.3. The fourth-order valence-corrected chi connectivity index (χ4v) is 4.89. The Hall–Kier alpha value is -2.78. The summed E-state index contributed by atoms with van der Waals surface area (Å²) < 4.78 is 38.5. The second-order valence-electron chi connectivity index (χ2n) is 7.42. The third kappa shape index (κ3) is 6.21. The normalized spacial score (nSPS) is 11.2. The number of aryl methyl sites for hydroxylation is 1. The molecule has 0 bridgehead atoms. The molecule has 2 N–H and O–H groups in total. The van der Waals surface area contributed by atoms with Crippen molar-refractivity contribution in [3.63, 3.8) is 0 Å². The molecule has 1 amide bonds. The van der Waals surface area contributed by atoms with Crippen molar-refractivity contribution in [1.29, 1.82) is 0 Å². The van der Waals surface area contributed by atoms with Gasteiger partial charge in [-0.15, -0.1) is 0 Å². The minimum absolute atomic E-state index is 0.129. The summed E-state index contributed by atoms with van der Waals surface area (Å²) in [5.41, 5.74) is 2.82. The first-order chi connectivity index (χ1) is 16.1. The van der Waals surface area contributed by atoms with Crippen LogP contribution in [0.2, 0.25) is 10.0 Å². The predicted molar refractivity (Wildman–Crippen MR) is 134 cm³/mol. The van der Waals surface area contributed by atoms with Crippen molar-refractivity contribution < 1.29 is 22.7 Å². The molecule has 0 radical (unpaired) electrons. The molecule has 0 aliphatic carbocycles. The summed E-state index contributed by atoms with van der Waals surface area (Å²) in [6.45, 7) is 1.28. The smallest absolute Gasteiger partial charge is 0.244 e.